The minimum Gasteiger partial charge on any atom is -0.376 e. The van der Waals surface area contributed by atoms with Crippen molar-refractivity contribution in [2.24, 2.45) is 5.84 Å². The van der Waals surface area contributed by atoms with Crippen LogP contribution >= 0.6 is 0 Å². The molecule has 2 unspecified atom stereocenters. The molecule has 1 aliphatic heterocycles. The van der Waals surface area contributed by atoms with E-state index in [-0.39, 0.29) is 12.1 Å². The van der Waals surface area contributed by atoms with Crippen LogP contribution in [0.5, 0.6) is 0 Å². The fourth-order valence-corrected chi connectivity index (χ4v) is 2.61. The van der Waals surface area contributed by atoms with Crippen LogP contribution in [-0.4, -0.2) is 37.0 Å². The van der Waals surface area contributed by atoms with Gasteiger partial charge in [-0.2, -0.15) is 0 Å². The Kier molecular flexibility index (Phi) is 4.22. The first kappa shape index (κ1) is 13.5. The van der Waals surface area contributed by atoms with E-state index in [1.807, 2.05) is 30.5 Å². The third kappa shape index (κ3) is 2.81. The number of nitrogens with two attached hydrogens (primary N) is 1. The predicted octanol–water partition coefficient (Wildman–Crippen LogP) is 1.02. The molecule has 1 saturated heterocycles. The van der Waals surface area contributed by atoms with E-state index in [1.165, 1.54) is 5.56 Å². The lowest BCUT2D eigenvalue weighted by atomic mass is 9.99. The molecule has 1 aliphatic rings. The molecule has 0 radical (unpaired) electrons. The molecule has 0 aliphatic carbocycles. The van der Waals surface area contributed by atoms with Crippen molar-refractivity contribution in [2.45, 2.75) is 18.6 Å². The number of nitrogens with one attached hydrogen (secondary N) is 1. The first-order chi connectivity index (χ1) is 9.88. The molecule has 2 aromatic rings. The summed E-state index contributed by atoms with van der Waals surface area (Å²) in [5, 5.41) is 1.16. The molecule has 106 valence electrons. The fraction of sp³-hybridized carbons (Fsp3) is 0.400. The predicted molar refractivity (Wildman–Crippen MR) is 77.1 cm³/mol. The molecule has 20 heavy (non-hydrogen) atoms. The van der Waals surface area contributed by atoms with Crippen LogP contribution in [0.25, 0.3) is 10.9 Å². The van der Waals surface area contributed by atoms with Gasteiger partial charge < -0.3 is 9.47 Å². The molecule has 0 amide bonds. The van der Waals surface area contributed by atoms with Gasteiger partial charge in [0.25, 0.3) is 0 Å². The second-order valence-corrected chi connectivity index (χ2v) is 4.95. The molecule has 0 saturated carbocycles. The Morgan fingerprint density at radius 1 is 1.30 bits per heavy atom. The first-order valence-electron chi connectivity index (χ1n) is 6.86. The molecule has 0 bridgehead atoms. The quantitative estimate of drug-likeness (QED) is 0.643. The summed E-state index contributed by atoms with van der Waals surface area (Å²) in [4.78, 5) is 4.38. The Hall–Kier alpha value is -1.53. The highest BCUT2D eigenvalue weighted by atomic mass is 16.6. The lowest BCUT2D eigenvalue weighted by Crippen LogP contribution is -2.50. The molecule has 1 aromatic carbocycles. The van der Waals surface area contributed by atoms with Crippen molar-refractivity contribution in [3.8, 4) is 0 Å². The highest BCUT2D eigenvalue weighted by molar-refractivity contribution is 5.81. The van der Waals surface area contributed by atoms with Gasteiger partial charge in [-0.25, -0.2) is 0 Å². The Morgan fingerprint density at radius 3 is 3.00 bits per heavy atom. The summed E-state index contributed by atoms with van der Waals surface area (Å²) in [7, 11) is 0. The maximum absolute atomic E-state index is 5.73. The van der Waals surface area contributed by atoms with Gasteiger partial charge in [0.15, 0.2) is 0 Å². The summed E-state index contributed by atoms with van der Waals surface area (Å²) in [5.41, 5.74) is 5.08. The number of hydrogen-bond donors (Lipinski definition) is 2. The van der Waals surface area contributed by atoms with Crippen molar-refractivity contribution in [2.75, 3.05) is 19.8 Å². The van der Waals surface area contributed by atoms with Crippen molar-refractivity contribution >= 4 is 10.9 Å². The molecular weight excluding hydrogens is 254 g/mol. The number of benzene rings is 1. The number of fused-ring (bicyclic) bond motifs is 1. The smallest absolute Gasteiger partial charge is 0.0978 e. The van der Waals surface area contributed by atoms with Crippen molar-refractivity contribution in [3.05, 3.63) is 42.1 Å². The monoisotopic (exact) mass is 273 g/mol. The molecule has 0 spiro atoms. The van der Waals surface area contributed by atoms with E-state index in [4.69, 9.17) is 15.3 Å². The van der Waals surface area contributed by atoms with Crippen LogP contribution in [0, 0.1) is 0 Å². The zero-order chi connectivity index (χ0) is 13.8. The van der Waals surface area contributed by atoms with Gasteiger partial charge in [0.1, 0.15) is 0 Å². The average Bonchev–Trinajstić information content (AvgIpc) is 2.53. The van der Waals surface area contributed by atoms with E-state index in [9.17, 15) is 0 Å². The van der Waals surface area contributed by atoms with Gasteiger partial charge in [-0.15, -0.1) is 0 Å². The van der Waals surface area contributed by atoms with Gasteiger partial charge >= 0.3 is 0 Å². The van der Waals surface area contributed by atoms with Gasteiger partial charge in [0.2, 0.25) is 0 Å². The molecule has 5 nitrogen and oxygen atoms in total. The van der Waals surface area contributed by atoms with Crippen LogP contribution in [0.1, 0.15) is 5.56 Å². The number of ether oxygens (including phenoxy) is 2. The summed E-state index contributed by atoms with van der Waals surface area (Å²) in [6.07, 6.45) is 2.61. The van der Waals surface area contributed by atoms with Crippen LogP contribution in [-0.2, 0) is 15.9 Å². The van der Waals surface area contributed by atoms with Crippen LogP contribution in [0.2, 0.25) is 0 Å². The number of aromatic nitrogens is 1. The maximum Gasteiger partial charge on any atom is 0.0978 e. The number of hydrogen-bond acceptors (Lipinski definition) is 5. The van der Waals surface area contributed by atoms with E-state index < -0.39 is 0 Å². The van der Waals surface area contributed by atoms with Crippen molar-refractivity contribution < 1.29 is 9.47 Å². The molecule has 5 heteroatoms. The summed E-state index contributed by atoms with van der Waals surface area (Å²) in [5.74, 6) is 5.69. The molecule has 3 rings (SSSR count). The lowest BCUT2D eigenvalue weighted by molar-refractivity contribution is -0.101. The van der Waals surface area contributed by atoms with Crippen molar-refractivity contribution in [1.29, 1.82) is 0 Å². The van der Waals surface area contributed by atoms with E-state index in [0.717, 1.165) is 17.3 Å². The van der Waals surface area contributed by atoms with Gasteiger partial charge in [-0.3, -0.25) is 16.3 Å². The van der Waals surface area contributed by atoms with Crippen LogP contribution < -0.4 is 11.3 Å². The number of pyridine rings is 1. The Morgan fingerprint density at radius 2 is 2.20 bits per heavy atom. The van der Waals surface area contributed by atoms with Gasteiger partial charge in [-0.1, -0.05) is 18.2 Å². The standard InChI is InChI=1S/C15H19N3O2/c16-18-14(15-10-19-7-8-20-15)9-11-5-6-17-13-4-2-1-3-12(11)13/h1-6,14-15,18H,7-10,16H2. The number of para-hydroxylation sites is 1. The molecule has 1 aromatic heterocycles. The first-order valence-corrected chi connectivity index (χ1v) is 6.86. The van der Waals surface area contributed by atoms with Crippen LogP contribution in [0.3, 0.4) is 0 Å². The van der Waals surface area contributed by atoms with Crippen molar-refractivity contribution in [3.63, 3.8) is 0 Å². The third-order valence-electron chi connectivity index (χ3n) is 3.68. The van der Waals surface area contributed by atoms with Crippen LogP contribution in [0.4, 0.5) is 0 Å². The molecule has 2 heterocycles. The SMILES string of the molecule is NNC(Cc1ccnc2ccccc12)C1COCCO1. The summed E-state index contributed by atoms with van der Waals surface area (Å²) in [6.45, 7) is 1.86. The highest BCUT2D eigenvalue weighted by Crippen LogP contribution is 2.19. The topological polar surface area (TPSA) is 69.4 Å². The zero-order valence-corrected chi connectivity index (χ0v) is 11.3. The van der Waals surface area contributed by atoms with E-state index in [1.54, 1.807) is 0 Å². The van der Waals surface area contributed by atoms with Crippen molar-refractivity contribution in [1.82, 2.24) is 10.4 Å². The average molecular weight is 273 g/mol. The van der Waals surface area contributed by atoms with E-state index in [2.05, 4.69) is 16.5 Å². The minimum atomic E-state index is -0.0133. The lowest BCUT2D eigenvalue weighted by Gasteiger charge is -2.30. The molecule has 1 fully saturated rings. The van der Waals surface area contributed by atoms with E-state index in [0.29, 0.717) is 19.8 Å². The van der Waals surface area contributed by atoms with Gasteiger partial charge in [0, 0.05) is 11.6 Å². The molecule has 2 atom stereocenters. The van der Waals surface area contributed by atoms with Gasteiger partial charge in [-0.05, 0) is 24.1 Å². The molecular formula is C15H19N3O2. The third-order valence-corrected chi connectivity index (χ3v) is 3.68. The Balaban J connectivity index is 1.83. The molecule has 3 N–H and O–H groups in total. The zero-order valence-electron chi connectivity index (χ0n) is 11.3. The summed E-state index contributed by atoms with van der Waals surface area (Å²) >= 11 is 0. The second-order valence-electron chi connectivity index (χ2n) is 4.95. The van der Waals surface area contributed by atoms with E-state index >= 15 is 0 Å². The second kappa shape index (κ2) is 6.28. The Bertz CT molecular complexity index is 565. The number of rotatable bonds is 4. The highest BCUT2D eigenvalue weighted by Gasteiger charge is 2.25. The van der Waals surface area contributed by atoms with Gasteiger partial charge in [0.05, 0.1) is 37.5 Å². The maximum atomic E-state index is 5.73. The van der Waals surface area contributed by atoms with Crippen LogP contribution in [0.15, 0.2) is 36.5 Å². The summed E-state index contributed by atoms with van der Waals surface area (Å²) < 4.78 is 11.2. The number of nitrogens with zero attached hydrogens (tertiary/aromatic N) is 1. The summed E-state index contributed by atoms with van der Waals surface area (Å²) in [6, 6.07) is 10.2. The largest absolute Gasteiger partial charge is 0.376 e. The fourth-order valence-electron chi connectivity index (χ4n) is 2.61. The normalized spacial score (nSPS) is 20.9. The number of hydrazine groups is 1. The minimum absolute atomic E-state index is 0.0133. The Labute approximate surface area is 118 Å².